The molecule has 0 fully saturated rings. The van der Waals surface area contributed by atoms with E-state index in [9.17, 15) is 0 Å². The zero-order chi connectivity index (χ0) is 29.0. The molecular weight excluding hydrogens is 532 g/mol. The quantitative estimate of drug-likeness (QED) is 0.221. The second-order valence-corrected chi connectivity index (χ2v) is 11.5. The number of para-hydroxylation sites is 2. The Morgan fingerprint density at radius 1 is 0.341 bits per heavy atom. The molecule has 0 atom stereocenters. The summed E-state index contributed by atoms with van der Waals surface area (Å²) in [6, 6.07) is 59.2. The van der Waals surface area contributed by atoms with Crippen LogP contribution in [0.2, 0.25) is 0 Å². The average molecular weight is 561 g/mol. The van der Waals surface area contributed by atoms with Gasteiger partial charge in [-0.25, -0.2) is 0 Å². The van der Waals surface area contributed by atoms with Crippen LogP contribution < -0.4 is 0 Å². The Bertz CT molecular complexity index is 2420. The van der Waals surface area contributed by atoms with E-state index in [0.717, 1.165) is 11.0 Å². The summed E-state index contributed by atoms with van der Waals surface area (Å²) in [5.41, 5.74) is 13.3. The van der Waals surface area contributed by atoms with Crippen molar-refractivity contribution in [3.05, 3.63) is 164 Å². The molecule has 2 heteroatoms. The molecule has 2 aromatic heterocycles. The Morgan fingerprint density at radius 3 is 1.50 bits per heavy atom. The summed E-state index contributed by atoms with van der Waals surface area (Å²) >= 11 is 0. The fraction of sp³-hybridized carbons (Fsp3) is 0. The number of hydrogen-bond acceptors (Lipinski definition) is 0. The fourth-order valence-corrected chi connectivity index (χ4v) is 6.85. The van der Waals surface area contributed by atoms with Crippen LogP contribution in [0.4, 0.5) is 0 Å². The Balaban J connectivity index is 1.13. The third kappa shape index (κ3) is 3.89. The van der Waals surface area contributed by atoms with Crippen molar-refractivity contribution in [3.63, 3.8) is 0 Å². The van der Waals surface area contributed by atoms with Gasteiger partial charge in [-0.3, -0.25) is 0 Å². The van der Waals surface area contributed by atoms with Gasteiger partial charge in [0.05, 0.1) is 11.0 Å². The van der Waals surface area contributed by atoms with E-state index < -0.39 is 0 Å². The second kappa shape index (κ2) is 9.86. The van der Waals surface area contributed by atoms with Crippen molar-refractivity contribution < 1.29 is 0 Å². The summed E-state index contributed by atoms with van der Waals surface area (Å²) in [6.07, 6.45) is 0. The molecule has 1 N–H and O–H groups in total. The van der Waals surface area contributed by atoms with Crippen LogP contribution in [0.1, 0.15) is 0 Å². The largest absolute Gasteiger partial charge is 0.355 e. The fourth-order valence-electron chi connectivity index (χ4n) is 6.85. The maximum atomic E-state index is 3.64. The number of H-pyrrole nitrogens is 1. The highest BCUT2D eigenvalue weighted by atomic mass is 15.0. The lowest BCUT2D eigenvalue weighted by Gasteiger charge is -2.11. The Labute approximate surface area is 255 Å². The minimum absolute atomic E-state index is 1.15. The summed E-state index contributed by atoms with van der Waals surface area (Å²) in [5.74, 6) is 0. The van der Waals surface area contributed by atoms with Gasteiger partial charge in [-0.1, -0.05) is 115 Å². The highest BCUT2D eigenvalue weighted by Gasteiger charge is 2.13. The molecule has 0 radical (unpaired) electrons. The molecule has 9 rings (SSSR count). The predicted molar refractivity (Wildman–Crippen MR) is 186 cm³/mol. The van der Waals surface area contributed by atoms with Gasteiger partial charge in [0, 0.05) is 38.3 Å². The molecule has 0 spiro atoms. The maximum Gasteiger partial charge on any atom is 0.0541 e. The second-order valence-electron chi connectivity index (χ2n) is 11.5. The first-order valence-electron chi connectivity index (χ1n) is 15.1. The molecule has 9 aromatic rings. The molecule has 0 saturated carbocycles. The van der Waals surface area contributed by atoms with E-state index in [1.807, 2.05) is 0 Å². The number of rotatable bonds is 4. The van der Waals surface area contributed by atoms with Crippen LogP contribution in [0.3, 0.4) is 0 Å². The summed E-state index contributed by atoms with van der Waals surface area (Å²) in [4.78, 5) is 3.64. The molecule has 44 heavy (non-hydrogen) atoms. The van der Waals surface area contributed by atoms with E-state index >= 15 is 0 Å². The monoisotopic (exact) mass is 560 g/mol. The van der Waals surface area contributed by atoms with E-state index in [1.54, 1.807) is 0 Å². The first-order chi connectivity index (χ1) is 21.8. The number of aromatic amines is 1. The minimum atomic E-state index is 1.15. The molecule has 0 aliphatic rings. The molecule has 2 heterocycles. The standard InChI is InChI=1S/C42H28N2/c1-2-10-29(11-3-1)33-12-4-5-13-34(33)31-21-25-40-38(27-31)37-26-30(20-24-39(37)43-40)28-18-22-32(23-19-28)44-41-16-8-6-14-35(41)36-15-7-9-17-42(36)44/h1-27,43H. The van der Waals surface area contributed by atoms with Crippen LogP contribution >= 0.6 is 0 Å². The van der Waals surface area contributed by atoms with Crippen LogP contribution in [0, 0.1) is 0 Å². The van der Waals surface area contributed by atoms with Crippen LogP contribution in [0.15, 0.2) is 164 Å². The van der Waals surface area contributed by atoms with Gasteiger partial charge >= 0.3 is 0 Å². The van der Waals surface area contributed by atoms with Crippen LogP contribution in [-0.4, -0.2) is 9.55 Å². The molecule has 0 amide bonds. The minimum Gasteiger partial charge on any atom is -0.355 e. The van der Waals surface area contributed by atoms with Gasteiger partial charge in [-0.15, -0.1) is 0 Å². The number of hydrogen-bond donors (Lipinski definition) is 1. The van der Waals surface area contributed by atoms with Gasteiger partial charge in [0.1, 0.15) is 0 Å². The lowest BCUT2D eigenvalue weighted by molar-refractivity contribution is 1.18. The zero-order valence-corrected chi connectivity index (χ0v) is 24.0. The Morgan fingerprint density at radius 2 is 0.841 bits per heavy atom. The highest BCUT2D eigenvalue weighted by Crippen LogP contribution is 2.37. The summed E-state index contributed by atoms with van der Waals surface area (Å²) in [5, 5.41) is 5.04. The van der Waals surface area contributed by atoms with E-state index in [4.69, 9.17) is 0 Å². The van der Waals surface area contributed by atoms with E-state index in [1.165, 1.54) is 71.6 Å². The Hall–Kier alpha value is -5.86. The van der Waals surface area contributed by atoms with Crippen molar-refractivity contribution in [1.29, 1.82) is 0 Å². The first-order valence-corrected chi connectivity index (χ1v) is 15.1. The van der Waals surface area contributed by atoms with Crippen molar-refractivity contribution in [2.45, 2.75) is 0 Å². The van der Waals surface area contributed by atoms with Gasteiger partial charge in [-0.05, 0) is 81.9 Å². The van der Waals surface area contributed by atoms with Crippen molar-refractivity contribution >= 4 is 43.6 Å². The molecular formula is C42H28N2. The lowest BCUT2D eigenvalue weighted by atomic mass is 9.93. The number of benzene rings is 7. The van der Waals surface area contributed by atoms with E-state index in [0.29, 0.717) is 0 Å². The molecule has 0 bridgehead atoms. The number of nitrogens with zero attached hydrogens (tertiary/aromatic N) is 1. The molecule has 0 unspecified atom stereocenters. The van der Waals surface area contributed by atoms with Crippen molar-refractivity contribution in [3.8, 4) is 39.1 Å². The SMILES string of the molecule is c1ccc(-c2ccccc2-c2ccc3[nH]c4ccc(-c5ccc(-n6c7ccccc7c7ccccc76)cc5)cc4c3c2)cc1. The van der Waals surface area contributed by atoms with Crippen molar-refractivity contribution in [2.24, 2.45) is 0 Å². The van der Waals surface area contributed by atoms with Gasteiger partial charge in [0.15, 0.2) is 0 Å². The molecule has 206 valence electrons. The smallest absolute Gasteiger partial charge is 0.0541 e. The molecule has 0 aliphatic heterocycles. The van der Waals surface area contributed by atoms with Gasteiger partial charge < -0.3 is 9.55 Å². The molecule has 0 aliphatic carbocycles. The average Bonchev–Trinajstić information content (AvgIpc) is 3.64. The van der Waals surface area contributed by atoms with Gasteiger partial charge in [0.25, 0.3) is 0 Å². The normalized spacial score (nSPS) is 11.6. The topological polar surface area (TPSA) is 20.7 Å². The van der Waals surface area contributed by atoms with E-state index in [2.05, 4.69) is 173 Å². The van der Waals surface area contributed by atoms with Crippen LogP contribution in [0.25, 0.3) is 82.7 Å². The van der Waals surface area contributed by atoms with Crippen molar-refractivity contribution in [1.82, 2.24) is 9.55 Å². The molecule has 2 nitrogen and oxygen atoms in total. The first kappa shape index (κ1) is 24.7. The number of nitrogens with one attached hydrogen (secondary N) is 1. The lowest BCUT2D eigenvalue weighted by Crippen LogP contribution is -1.93. The molecule has 7 aromatic carbocycles. The summed E-state index contributed by atoms with van der Waals surface area (Å²) < 4.78 is 2.37. The van der Waals surface area contributed by atoms with Gasteiger partial charge in [-0.2, -0.15) is 0 Å². The Kier molecular flexibility index (Phi) is 5.54. The highest BCUT2D eigenvalue weighted by molar-refractivity contribution is 6.11. The maximum absolute atomic E-state index is 3.64. The number of fused-ring (bicyclic) bond motifs is 6. The predicted octanol–water partition coefficient (Wildman–Crippen LogP) is 11.4. The third-order valence-corrected chi connectivity index (χ3v) is 8.96. The van der Waals surface area contributed by atoms with Crippen LogP contribution in [-0.2, 0) is 0 Å². The van der Waals surface area contributed by atoms with Crippen LogP contribution in [0.5, 0.6) is 0 Å². The summed E-state index contributed by atoms with van der Waals surface area (Å²) in [6.45, 7) is 0. The third-order valence-electron chi connectivity index (χ3n) is 8.96. The molecule has 0 saturated heterocycles. The van der Waals surface area contributed by atoms with Crippen molar-refractivity contribution in [2.75, 3.05) is 0 Å². The zero-order valence-electron chi connectivity index (χ0n) is 24.0. The summed E-state index contributed by atoms with van der Waals surface area (Å²) in [7, 11) is 0. The van der Waals surface area contributed by atoms with E-state index in [-0.39, 0.29) is 0 Å². The number of aromatic nitrogens is 2. The van der Waals surface area contributed by atoms with Gasteiger partial charge in [0.2, 0.25) is 0 Å².